The van der Waals surface area contributed by atoms with Gasteiger partial charge in [-0.25, -0.2) is 15.0 Å². The fourth-order valence-corrected chi connectivity index (χ4v) is 4.13. The highest BCUT2D eigenvalue weighted by Crippen LogP contribution is 2.27. The standard InChI is InChI=1S/C23H27N7O2/c1-2-18-16-28(13-14-32-18)27-22-24-10-9-20(26-22)29-11-6-12-30-21(31)15-19(25-23(29)30)17-7-4-3-5-8-17/h3-5,7-10,15,18H,2,6,11-14,16H2,1H3,(H,24,26,27). The van der Waals surface area contributed by atoms with Crippen LogP contribution >= 0.6 is 0 Å². The number of nitrogens with one attached hydrogen (secondary N) is 1. The lowest BCUT2D eigenvalue weighted by Gasteiger charge is -2.33. The molecule has 5 rings (SSSR count). The third-order valence-corrected chi connectivity index (χ3v) is 5.83. The predicted molar refractivity (Wildman–Crippen MR) is 123 cm³/mol. The van der Waals surface area contributed by atoms with Gasteiger partial charge < -0.3 is 4.74 Å². The Kier molecular flexibility index (Phi) is 5.83. The van der Waals surface area contributed by atoms with Crippen LogP contribution in [0.1, 0.15) is 19.8 Å². The highest BCUT2D eigenvalue weighted by Gasteiger charge is 2.24. The zero-order valence-corrected chi connectivity index (χ0v) is 18.1. The number of hydrogen-bond acceptors (Lipinski definition) is 8. The van der Waals surface area contributed by atoms with Crippen molar-refractivity contribution in [1.82, 2.24) is 24.5 Å². The summed E-state index contributed by atoms with van der Waals surface area (Å²) in [4.78, 5) is 28.8. The molecule has 1 saturated heterocycles. The monoisotopic (exact) mass is 433 g/mol. The van der Waals surface area contributed by atoms with E-state index in [1.807, 2.05) is 41.3 Å². The van der Waals surface area contributed by atoms with Crippen LogP contribution in [-0.2, 0) is 11.3 Å². The van der Waals surface area contributed by atoms with Crippen molar-refractivity contribution in [2.45, 2.75) is 32.4 Å². The molecule has 4 heterocycles. The number of benzene rings is 1. The molecule has 0 saturated carbocycles. The van der Waals surface area contributed by atoms with E-state index in [-0.39, 0.29) is 11.7 Å². The molecule has 0 aliphatic carbocycles. The number of hydrazine groups is 1. The number of morpholine rings is 1. The topological polar surface area (TPSA) is 88.4 Å². The second kappa shape index (κ2) is 9.05. The van der Waals surface area contributed by atoms with Crippen molar-refractivity contribution >= 4 is 17.7 Å². The van der Waals surface area contributed by atoms with Crippen LogP contribution < -0.4 is 15.9 Å². The first-order valence-electron chi connectivity index (χ1n) is 11.1. The Labute approximate surface area is 186 Å². The van der Waals surface area contributed by atoms with Crippen molar-refractivity contribution in [2.75, 3.05) is 36.6 Å². The van der Waals surface area contributed by atoms with E-state index in [9.17, 15) is 4.79 Å². The molecular weight excluding hydrogens is 406 g/mol. The molecule has 2 aliphatic rings. The van der Waals surface area contributed by atoms with Gasteiger partial charge in [-0.1, -0.05) is 37.3 Å². The third kappa shape index (κ3) is 4.21. The van der Waals surface area contributed by atoms with Crippen LogP contribution in [0.2, 0.25) is 0 Å². The molecule has 0 spiro atoms. The van der Waals surface area contributed by atoms with Crippen molar-refractivity contribution in [3.63, 3.8) is 0 Å². The molecule has 1 aromatic carbocycles. The predicted octanol–water partition coefficient (Wildman–Crippen LogP) is 2.68. The molecule has 2 aromatic heterocycles. The molecule has 32 heavy (non-hydrogen) atoms. The van der Waals surface area contributed by atoms with E-state index in [0.717, 1.165) is 38.0 Å². The summed E-state index contributed by atoms with van der Waals surface area (Å²) in [6.45, 7) is 5.74. The van der Waals surface area contributed by atoms with Gasteiger partial charge in [0.25, 0.3) is 5.56 Å². The first kappa shape index (κ1) is 20.6. The summed E-state index contributed by atoms with van der Waals surface area (Å²) in [5.74, 6) is 1.86. The Hall–Kier alpha value is -3.30. The van der Waals surface area contributed by atoms with Crippen LogP contribution in [-0.4, -0.2) is 56.9 Å². The maximum Gasteiger partial charge on any atom is 0.255 e. The van der Waals surface area contributed by atoms with E-state index in [1.54, 1.807) is 16.8 Å². The van der Waals surface area contributed by atoms with Crippen LogP contribution in [0.25, 0.3) is 11.3 Å². The van der Waals surface area contributed by atoms with Crippen molar-refractivity contribution in [3.05, 3.63) is 59.0 Å². The number of anilines is 3. The van der Waals surface area contributed by atoms with E-state index < -0.39 is 0 Å². The first-order chi connectivity index (χ1) is 15.7. The fraction of sp³-hybridized carbons (Fsp3) is 0.391. The van der Waals surface area contributed by atoms with E-state index in [1.165, 1.54) is 0 Å². The SMILES string of the molecule is CCC1CN(Nc2nccc(N3CCCn4c3nc(-c3ccccc3)cc4=O)n2)CCO1. The van der Waals surface area contributed by atoms with Gasteiger partial charge in [-0.2, -0.15) is 4.98 Å². The van der Waals surface area contributed by atoms with Gasteiger partial charge in [0.15, 0.2) is 0 Å². The minimum Gasteiger partial charge on any atom is -0.375 e. The molecule has 0 bridgehead atoms. The van der Waals surface area contributed by atoms with Crippen molar-refractivity contribution < 1.29 is 4.74 Å². The van der Waals surface area contributed by atoms with Crippen LogP contribution in [0.4, 0.5) is 17.7 Å². The van der Waals surface area contributed by atoms with Gasteiger partial charge in [0.05, 0.1) is 18.4 Å². The van der Waals surface area contributed by atoms with Gasteiger partial charge in [0.2, 0.25) is 11.9 Å². The Morgan fingerprint density at radius 1 is 1.12 bits per heavy atom. The molecule has 3 aromatic rings. The zero-order chi connectivity index (χ0) is 21.9. The lowest BCUT2D eigenvalue weighted by Crippen LogP contribution is -2.45. The normalized spacial score (nSPS) is 18.9. The summed E-state index contributed by atoms with van der Waals surface area (Å²) in [6, 6.07) is 13.2. The van der Waals surface area contributed by atoms with E-state index in [0.29, 0.717) is 36.6 Å². The Morgan fingerprint density at radius 3 is 2.84 bits per heavy atom. The molecule has 1 N–H and O–H groups in total. The molecule has 0 radical (unpaired) electrons. The third-order valence-electron chi connectivity index (χ3n) is 5.83. The average molecular weight is 434 g/mol. The fourth-order valence-electron chi connectivity index (χ4n) is 4.13. The van der Waals surface area contributed by atoms with Gasteiger partial charge in [0.1, 0.15) is 5.82 Å². The van der Waals surface area contributed by atoms with Crippen LogP contribution in [0, 0.1) is 0 Å². The van der Waals surface area contributed by atoms with Crippen LogP contribution in [0.15, 0.2) is 53.5 Å². The van der Waals surface area contributed by atoms with Gasteiger partial charge in [-0.15, -0.1) is 0 Å². The molecule has 1 atom stereocenters. The summed E-state index contributed by atoms with van der Waals surface area (Å²) in [6.07, 6.45) is 3.75. The van der Waals surface area contributed by atoms with E-state index in [2.05, 4.69) is 22.3 Å². The zero-order valence-electron chi connectivity index (χ0n) is 18.1. The number of nitrogens with zero attached hydrogens (tertiary/aromatic N) is 6. The minimum absolute atomic E-state index is 0.0510. The second-order valence-corrected chi connectivity index (χ2v) is 8.00. The lowest BCUT2D eigenvalue weighted by atomic mass is 10.1. The lowest BCUT2D eigenvalue weighted by molar-refractivity contribution is -0.0213. The number of hydrogen-bond donors (Lipinski definition) is 1. The number of ether oxygens (including phenoxy) is 1. The second-order valence-electron chi connectivity index (χ2n) is 8.00. The molecule has 1 fully saturated rings. The highest BCUT2D eigenvalue weighted by atomic mass is 16.5. The maximum absolute atomic E-state index is 12.9. The molecule has 166 valence electrons. The summed E-state index contributed by atoms with van der Waals surface area (Å²) >= 11 is 0. The van der Waals surface area contributed by atoms with E-state index in [4.69, 9.17) is 14.7 Å². The minimum atomic E-state index is -0.0510. The number of fused-ring (bicyclic) bond motifs is 1. The highest BCUT2D eigenvalue weighted by molar-refractivity contribution is 5.63. The van der Waals surface area contributed by atoms with Crippen molar-refractivity contribution in [2.24, 2.45) is 0 Å². The Balaban J connectivity index is 1.45. The molecule has 1 unspecified atom stereocenters. The summed E-state index contributed by atoms with van der Waals surface area (Å²) in [7, 11) is 0. The quantitative estimate of drug-likeness (QED) is 0.657. The van der Waals surface area contributed by atoms with Gasteiger partial charge >= 0.3 is 0 Å². The molecule has 2 aliphatic heterocycles. The summed E-state index contributed by atoms with van der Waals surface area (Å²) in [5, 5.41) is 2.09. The van der Waals surface area contributed by atoms with Crippen molar-refractivity contribution in [3.8, 4) is 11.3 Å². The Bertz CT molecular complexity index is 1130. The van der Waals surface area contributed by atoms with Gasteiger partial charge in [0, 0.05) is 44.0 Å². The summed E-state index contributed by atoms with van der Waals surface area (Å²) < 4.78 is 7.46. The molecule has 0 amide bonds. The molecule has 9 nitrogen and oxygen atoms in total. The largest absolute Gasteiger partial charge is 0.375 e. The van der Waals surface area contributed by atoms with E-state index >= 15 is 0 Å². The van der Waals surface area contributed by atoms with Gasteiger partial charge in [-0.3, -0.25) is 19.7 Å². The first-order valence-corrected chi connectivity index (χ1v) is 11.1. The number of aromatic nitrogens is 4. The van der Waals surface area contributed by atoms with Crippen molar-refractivity contribution in [1.29, 1.82) is 0 Å². The number of rotatable bonds is 5. The molecular formula is C23H27N7O2. The average Bonchev–Trinajstić information content (AvgIpc) is 2.84. The maximum atomic E-state index is 12.9. The van der Waals surface area contributed by atoms with Crippen LogP contribution in [0.3, 0.4) is 0 Å². The van der Waals surface area contributed by atoms with Gasteiger partial charge in [-0.05, 0) is 18.9 Å². The van der Waals surface area contributed by atoms with Crippen LogP contribution in [0.5, 0.6) is 0 Å². The summed E-state index contributed by atoms with van der Waals surface area (Å²) in [5.41, 5.74) is 4.85. The smallest absolute Gasteiger partial charge is 0.255 e. The molecule has 9 heteroatoms. The Morgan fingerprint density at radius 2 is 2.00 bits per heavy atom.